The number of hydrogen-bond donors (Lipinski definition) is 0. The van der Waals surface area contributed by atoms with Crippen molar-refractivity contribution in [2.24, 2.45) is 5.92 Å². The minimum absolute atomic E-state index is 0.803. The van der Waals surface area contributed by atoms with Crippen LogP contribution in [0.5, 0.6) is 0 Å². The van der Waals surface area contributed by atoms with E-state index in [1.807, 2.05) is 0 Å². The summed E-state index contributed by atoms with van der Waals surface area (Å²) in [6.07, 6.45) is 10.2. The maximum atomic E-state index is 2.73. The van der Waals surface area contributed by atoms with Gasteiger partial charge in [-0.15, -0.1) is 0 Å². The van der Waals surface area contributed by atoms with E-state index in [0.29, 0.717) is 0 Å². The second kappa shape index (κ2) is 6.02. The Labute approximate surface area is 101 Å². The number of hydrogen-bond acceptors (Lipinski definition) is 2. The summed E-state index contributed by atoms with van der Waals surface area (Å²) in [7, 11) is 4.46. The third-order valence-electron chi connectivity index (χ3n) is 4.45. The van der Waals surface area contributed by atoms with Crippen molar-refractivity contribution in [3.05, 3.63) is 0 Å². The molecule has 1 aliphatic heterocycles. The van der Waals surface area contributed by atoms with Crippen LogP contribution in [0.1, 0.15) is 44.9 Å². The van der Waals surface area contributed by atoms with E-state index in [0.717, 1.165) is 12.0 Å². The van der Waals surface area contributed by atoms with E-state index in [1.54, 1.807) is 0 Å². The molecule has 0 unspecified atom stereocenters. The lowest BCUT2D eigenvalue weighted by Crippen LogP contribution is -2.46. The Morgan fingerprint density at radius 3 is 2.44 bits per heavy atom. The fourth-order valence-corrected chi connectivity index (χ4v) is 3.35. The molecule has 0 amide bonds. The molecule has 1 atom stereocenters. The van der Waals surface area contributed by atoms with Crippen molar-refractivity contribution in [1.82, 2.24) is 9.80 Å². The number of rotatable bonds is 3. The molecule has 16 heavy (non-hydrogen) atoms. The van der Waals surface area contributed by atoms with Crippen LogP contribution in [0.2, 0.25) is 0 Å². The number of likely N-dealkylation sites (tertiary alicyclic amines) is 1. The Balaban J connectivity index is 1.75. The fourth-order valence-electron chi connectivity index (χ4n) is 3.35. The molecule has 0 bridgehead atoms. The van der Waals surface area contributed by atoms with Gasteiger partial charge < -0.3 is 9.80 Å². The van der Waals surface area contributed by atoms with Gasteiger partial charge in [-0.25, -0.2) is 0 Å². The molecule has 0 radical (unpaired) electrons. The maximum absolute atomic E-state index is 2.73. The van der Waals surface area contributed by atoms with Crippen LogP contribution < -0.4 is 0 Å². The third kappa shape index (κ3) is 3.46. The van der Waals surface area contributed by atoms with Crippen molar-refractivity contribution in [3.63, 3.8) is 0 Å². The summed E-state index contributed by atoms with van der Waals surface area (Å²) in [5.41, 5.74) is 0. The van der Waals surface area contributed by atoms with E-state index in [2.05, 4.69) is 23.9 Å². The average molecular weight is 224 g/mol. The van der Waals surface area contributed by atoms with Gasteiger partial charge in [0.2, 0.25) is 0 Å². The van der Waals surface area contributed by atoms with Gasteiger partial charge in [0.15, 0.2) is 0 Å². The first kappa shape index (κ1) is 12.4. The second-order valence-corrected chi connectivity index (χ2v) is 6.02. The van der Waals surface area contributed by atoms with Crippen molar-refractivity contribution < 1.29 is 0 Å². The van der Waals surface area contributed by atoms with Gasteiger partial charge in [-0.1, -0.05) is 19.3 Å². The van der Waals surface area contributed by atoms with Crippen molar-refractivity contribution >= 4 is 0 Å². The molecule has 1 saturated carbocycles. The van der Waals surface area contributed by atoms with Crippen LogP contribution in [0.4, 0.5) is 0 Å². The van der Waals surface area contributed by atoms with Crippen molar-refractivity contribution in [3.8, 4) is 0 Å². The Hall–Kier alpha value is -0.0800. The van der Waals surface area contributed by atoms with Crippen LogP contribution >= 0.6 is 0 Å². The fraction of sp³-hybridized carbons (Fsp3) is 1.00. The second-order valence-electron chi connectivity index (χ2n) is 6.02. The van der Waals surface area contributed by atoms with Crippen LogP contribution in [0.3, 0.4) is 0 Å². The lowest BCUT2D eigenvalue weighted by atomic mass is 9.88. The zero-order valence-electron chi connectivity index (χ0n) is 11.1. The molecule has 0 N–H and O–H groups in total. The zero-order valence-corrected chi connectivity index (χ0v) is 11.1. The van der Waals surface area contributed by atoms with Gasteiger partial charge in [-0.05, 0) is 52.2 Å². The molecule has 1 aliphatic carbocycles. The molecule has 2 heteroatoms. The molecule has 0 aromatic rings. The molecule has 1 saturated heterocycles. The van der Waals surface area contributed by atoms with Gasteiger partial charge in [-0.3, -0.25) is 0 Å². The lowest BCUT2D eigenvalue weighted by Gasteiger charge is -2.38. The Morgan fingerprint density at radius 1 is 1.00 bits per heavy atom. The van der Waals surface area contributed by atoms with Gasteiger partial charge in [0.05, 0.1) is 0 Å². The lowest BCUT2D eigenvalue weighted by molar-refractivity contribution is 0.110. The molecule has 2 nitrogen and oxygen atoms in total. The monoisotopic (exact) mass is 224 g/mol. The van der Waals surface area contributed by atoms with Crippen LogP contribution in [-0.4, -0.2) is 49.6 Å². The quantitative estimate of drug-likeness (QED) is 0.727. The summed E-state index contributed by atoms with van der Waals surface area (Å²) in [4.78, 5) is 5.14. The van der Waals surface area contributed by atoms with E-state index >= 15 is 0 Å². The van der Waals surface area contributed by atoms with Gasteiger partial charge in [0, 0.05) is 19.1 Å². The number of likely N-dealkylation sites (N-methyl/N-ethyl adjacent to an activating group) is 1. The molecule has 2 fully saturated rings. The summed E-state index contributed by atoms with van der Waals surface area (Å²) in [6, 6.07) is 0.803. The maximum Gasteiger partial charge on any atom is 0.0217 e. The van der Waals surface area contributed by atoms with E-state index < -0.39 is 0 Å². The third-order valence-corrected chi connectivity index (χ3v) is 4.45. The molecule has 0 aromatic heterocycles. The van der Waals surface area contributed by atoms with Crippen LogP contribution in [0.15, 0.2) is 0 Å². The summed E-state index contributed by atoms with van der Waals surface area (Å²) >= 11 is 0. The first-order valence-corrected chi connectivity index (χ1v) is 7.14. The summed E-state index contributed by atoms with van der Waals surface area (Å²) < 4.78 is 0. The first-order chi connectivity index (χ1) is 7.75. The minimum Gasteiger partial charge on any atom is -0.305 e. The molecule has 2 aliphatic rings. The van der Waals surface area contributed by atoms with Crippen molar-refractivity contribution in [1.29, 1.82) is 0 Å². The van der Waals surface area contributed by atoms with E-state index in [4.69, 9.17) is 0 Å². The number of nitrogens with zero attached hydrogens (tertiary/aromatic N) is 2. The highest BCUT2D eigenvalue weighted by Crippen LogP contribution is 2.25. The molecule has 94 valence electrons. The molecular formula is C14H28N2. The topological polar surface area (TPSA) is 6.48 Å². The first-order valence-electron chi connectivity index (χ1n) is 7.14. The van der Waals surface area contributed by atoms with Gasteiger partial charge >= 0.3 is 0 Å². The molecular weight excluding hydrogens is 196 g/mol. The largest absolute Gasteiger partial charge is 0.305 e. The standard InChI is InChI=1S/C14H28N2/c1-15(2)14-9-6-10-16(12-14)11-13-7-4-3-5-8-13/h13-14H,3-12H2,1-2H3/t14-/m1/s1. The Kier molecular flexibility index (Phi) is 4.66. The Morgan fingerprint density at radius 2 is 1.75 bits per heavy atom. The van der Waals surface area contributed by atoms with Crippen LogP contribution in [0.25, 0.3) is 0 Å². The summed E-state index contributed by atoms with van der Waals surface area (Å²) in [5.74, 6) is 1.01. The predicted molar refractivity (Wildman–Crippen MR) is 69.7 cm³/mol. The SMILES string of the molecule is CN(C)[C@@H]1CCCN(CC2CCCCC2)C1. The number of piperidine rings is 1. The smallest absolute Gasteiger partial charge is 0.0217 e. The predicted octanol–water partition coefficient (Wildman–Crippen LogP) is 2.59. The van der Waals surface area contributed by atoms with Crippen LogP contribution in [0, 0.1) is 5.92 Å². The van der Waals surface area contributed by atoms with Gasteiger partial charge in [0.1, 0.15) is 0 Å². The summed E-state index contributed by atoms with van der Waals surface area (Å²) in [5, 5.41) is 0. The van der Waals surface area contributed by atoms with Gasteiger partial charge in [-0.2, -0.15) is 0 Å². The Bertz CT molecular complexity index is 197. The van der Waals surface area contributed by atoms with E-state index in [9.17, 15) is 0 Å². The summed E-state index contributed by atoms with van der Waals surface area (Å²) in [6.45, 7) is 4.04. The molecule has 1 heterocycles. The van der Waals surface area contributed by atoms with Crippen LogP contribution in [-0.2, 0) is 0 Å². The highest BCUT2D eigenvalue weighted by Gasteiger charge is 2.24. The van der Waals surface area contributed by atoms with E-state index in [1.165, 1.54) is 64.6 Å². The van der Waals surface area contributed by atoms with Gasteiger partial charge in [0.25, 0.3) is 0 Å². The molecule has 0 spiro atoms. The minimum atomic E-state index is 0.803. The average Bonchev–Trinajstić information content (AvgIpc) is 2.30. The molecule has 0 aromatic carbocycles. The van der Waals surface area contributed by atoms with E-state index in [-0.39, 0.29) is 0 Å². The highest BCUT2D eigenvalue weighted by molar-refractivity contribution is 4.80. The van der Waals surface area contributed by atoms with Crippen molar-refractivity contribution in [2.75, 3.05) is 33.7 Å². The normalized spacial score (nSPS) is 29.8. The molecule has 2 rings (SSSR count). The zero-order chi connectivity index (χ0) is 11.4. The van der Waals surface area contributed by atoms with Crippen molar-refractivity contribution in [2.45, 2.75) is 51.0 Å². The highest BCUT2D eigenvalue weighted by atomic mass is 15.2.